The topological polar surface area (TPSA) is 61.5 Å². The SMILES string of the molecule is CN(C)c1ccc(/C=C/c2cc[n+](CS(=O)(=O)O)c3ccccc23)cc1. The second kappa shape index (κ2) is 7.27. The number of anilines is 1. The van der Waals surface area contributed by atoms with Crippen molar-refractivity contribution in [3.63, 3.8) is 0 Å². The number of rotatable bonds is 5. The van der Waals surface area contributed by atoms with E-state index in [1.807, 2.05) is 61.5 Å². The molecule has 0 aliphatic carbocycles. The smallest absolute Gasteiger partial charge is 0.326 e. The molecule has 3 rings (SSSR count). The largest absolute Gasteiger partial charge is 0.378 e. The zero-order valence-corrected chi connectivity index (χ0v) is 15.5. The number of pyridine rings is 1. The molecule has 1 N–H and O–H groups in total. The van der Waals surface area contributed by atoms with Crippen LogP contribution in [0.25, 0.3) is 23.1 Å². The second-order valence-electron chi connectivity index (χ2n) is 6.29. The molecule has 0 unspecified atom stereocenters. The van der Waals surface area contributed by atoms with E-state index in [-0.39, 0.29) is 0 Å². The van der Waals surface area contributed by atoms with Crippen LogP contribution in [0, 0.1) is 0 Å². The van der Waals surface area contributed by atoms with Crippen LogP contribution in [-0.2, 0) is 16.0 Å². The third-order valence-electron chi connectivity index (χ3n) is 4.13. The lowest BCUT2D eigenvalue weighted by molar-refractivity contribution is -0.651. The van der Waals surface area contributed by atoms with Crippen LogP contribution in [0.15, 0.2) is 60.8 Å². The van der Waals surface area contributed by atoms with Crippen LogP contribution >= 0.6 is 0 Å². The van der Waals surface area contributed by atoms with Crippen LogP contribution in [0.3, 0.4) is 0 Å². The minimum atomic E-state index is -4.11. The van der Waals surface area contributed by atoms with Crippen molar-refractivity contribution in [3.05, 3.63) is 71.9 Å². The number of fused-ring (bicyclic) bond motifs is 1. The average Bonchev–Trinajstić information content (AvgIpc) is 2.60. The summed E-state index contributed by atoms with van der Waals surface area (Å²) in [5.41, 5.74) is 3.94. The third-order valence-corrected chi connectivity index (χ3v) is 4.73. The van der Waals surface area contributed by atoms with Crippen molar-refractivity contribution >= 4 is 38.9 Å². The predicted molar refractivity (Wildman–Crippen MR) is 105 cm³/mol. The maximum absolute atomic E-state index is 11.2. The van der Waals surface area contributed by atoms with E-state index in [9.17, 15) is 8.42 Å². The van der Waals surface area contributed by atoms with Crippen molar-refractivity contribution in [2.75, 3.05) is 19.0 Å². The first kappa shape index (κ1) is 18.1. The van der Waals surface area contributed by atoms with Gasteiger partial charge in [-0.3, -0.25) is 4.55 Å². The van der Waals surface area contributed by atoms with Gasteiger partial charge in [0.1, 0.15) is 0 Å². The van der Waals surface area contributed by atoms with Crippen molar-refractivity contribution in [1.82, 2.24) is 0 Å². The summed E-state index contributed by atoms with van der Waals surface area (Å²) in [6.45, 7) is 0. The standard InChI is InChI=1S/C20H20N2O3S/c1-21(2)18-11-8-16(9-12-18)7-10-17-13-14-22(15-26(23,24)25)20-6-4-3-5-19(17)20/h3-14H,15H2,1-2H3/p+1. The normalized spacial score (nSPS) is 12.0. The first-order valence-electron chi connectivity index (χ1n) is 8.15. The van der Waals surface area contributed by atoms with Crippen LogP contribution in [-0.4, -0.2) is 27.1 Å². The Bertz CT molecular complexity index is 1060. The molecular weight excluding hydrogens is 348 g/mol. The number of nitrogens with zero attached hydrogens (tertiary/aromatic N) is 2. The molecule has 1 aromatic heterocycles. The Labute approximate surface area is 153 Å². The van der Waals surface area contributed by atoms with Gasteiger partial charge in [0, 0.05) is 31.9 Å². The summed E-state index contributed by atoms with van der Waals surface area (Å²) in [5.74, 6) is -0.469. The molecule has 0 saturated heterocycles. The Balaban J connectivity index is 1.97. The van der Waals surface area contributed by atoms with Gasteiger partial charge >= 0.3 is 10.1 Å². The molecule has 0 fully saturated rings. The van der Waals surface area contributed by atoms with E-state index >= 15 is 0 Å². The summed E-state index contributed by atoms with van der Waals surface area (Å²) in [4.78, 5) is 2.05. The first-order valence-corrected chi connectivity index (χ1v) is 9.76. The number of hydrogen-bond donors (Lipinski definition) is 1. The molecule has 26 heavy (non-hydrogen) atoms. The fourth-order valence-corrected chi connectivity index (χ4v) is 3.39. The van der Waals surface area contributed by atoms with E-state index in [1.54, 1.807) is 6.20 Å². The highest BCUT2D eigenvalue weighted by atomic mass is 32.2. The Morgan fingerprint density at radius 3 is 2.35 bits per heavy atom. The van der Waals surface area contributed by atoms with Gasteiger partial charge in [-0.25, -0.2) is 0 Å². The maximum Gasteiger partial charge on any atom is 0.326 e. The lowest BCUT2D eigenvalue weighted by atomic mass is 10.1. The lowest BCUT2D eigenvalue weighted by Gasteiger charge is -2.11. The Morgan fingerprint density at radius 2 is 1.69 bits per heavy atom. The Hall–Kier alpha value is -2.70. The van der Waals surface area contributed by atoms with Gasteiger partial charge in [-0.1, -0.05) is 36.4 Å². The molecule has 5 nitrogen and oxygen atoms in total. The van der Waals surface area contributed by atoms with Gasteiger partial charge in [0.2, 0.25) is 5.52 Å². The van der Waals surface area contributed by atoms with Crippen molar-refractivity contribution in [2.45, 2.75) is 5.88 Å². The molecule has 1 heterocycles. The zero-order chi connectivity index (χ0) is 18.7. The Kier molecular flexibility index (Phi) is 5.06. The van der Waals surface area contributed by atoms with Crippen LogP contribution in [0.4, 0.5) is 5.69 Å². The summed E-state index contributed by atoms with van der Waals surface area (Å²) in [6.07, 6.45) is 5.70. The summed E-state index contributed by atoms with van der Waals surface area (Å²) in [7, 11) is -0.101. The summed E-state index contributed by atoms with van der Waals surface area (Å²) >= 11 is 0. The van der Waals surface area contributed by atoms with Crippen LogP contribution in [0.1, 0.15) is 11.1 Å². The molecule has 0 spiro atoms. The molecule has 0 radical (unpaired) electrons. The molecule has 6 heteroatoms. The predicted octanol–water partition coefficient (Wildman–Crippen LogP) is 3.21. The van der Waals surface area contributed by atoms with Gasteiger partial charge in [-0.15, -0.1) is 0 Å². The third kappa shape index (κ3) is 4.28. The highest BCUT2D eigenvalue weighted by molar-refractivity contribution is 7.84. The first-order chi connectivity index (χ1) is 12.3. The van der Waals surface area contributed by atoms with Crippen molar-refractivity contribution in [2.24, 2.45) is 0 Å². The van der Waals surface area contributed by atoms with Crippen molar-refractivity contribution < 1.29 is 17.5 Å². The molecular formula is C20H21N2O3S+. The number of benzene rings is 2. The quantitative estimate of drug-likeness (QED) is 0.554. The molecule has 3 aromatic rings. The van der Waals surface area contributed by atoms with E-state index in [0.717, 1.165) is 27.7 Å². The van der Waals surface area contributed by atoms with Crippen LogP contribution in [0.2, 0.25) is 0 Å². The summed E-state index contributed by atoms with van der Waals surface area (Å²) < 4.78 is 33.1. The van der Waals surface area contributed by atoms with Gasteiger partial charge < -0.3 is 4.90 Å². The second-order valence-corrected chi connectivity index (χ2v) is 7.71. The molecule has 0 bridgehead atoms. The molecule has 0 amide bonds. The van der Waals surface area contributed by atoms with Gasteiger partial charge in [0.25, 0.3) is 5.88 Å². The fourth-order valence-electron chi connectivity index (χ4n) is 2.81. The van der Waals surface area contributed by atoms with Crippen molar-refractivity contribution in [3.8, 4) is 0 Å². The van der Waals surface area contributed by atoms with E-state index in [4.69, 9.17) is 4.55 Å². The van der Waals surface area contributed by atoms with Gasteiger partial charge in [0.15, 0.2) is 6.20 Å². The summed E-state index contributed by atoms with van der Waals surface area (Å²) in [6, 6.07) is 17.6. The van der Waals surface area contributed by atoms with E-state index in [2.05, 4.69) is 24.3 Å². The lowest BCUT2D eigenvalue weighted by Crippen LogP contribution is -2.38. The molecule has 0 aliphatic heterocycles. The molecule has 134 valence electrons. The van der Waals surface area contributed by atoms with Crippen molar-refractivity contribution in [1.29, 1.82) is 0 Å². The van der Waals surface area contributed by atoms with Crippen LogP contribution < -0.4 is 9.47 Å². The number of hydrogen-bond acceptors (Lipinski definition) is 3. The monoisotopic (exact) mass is 369 g/mol. The average molecular weight is 369 g/mol. The minimum absolute atomic E-state index is 0.469. The minimum Gasteiger partial charge on any atom is -0.378 e. The van der Waals surface area contributed by atoms with Gasteiger partial charge in [-0.05, 0) is 29.3 Å². The molecule has 0 atom stereocenters. The van der Waals surface area contributed by atoms with E-state index in [1.165, 1.54) is 4.57 Å². The summed E-state index contributed by atoms with van der Waals surface area (Å²) in [5, 5.41) is 0.916. The molecule has 2 aromatic carbocycles. The Morgan fingerprint density at radius 1 is 1.00 bits per heavy atom. The molecule has 0 saturated carbocycles. The fraction of sp³-hybridized carbons (Fsp3) is 0.150. The maximum atomic E-state index is 11.2. The number of para-hydroxylation sites is 1. The van der Waals surface area contributed by atoms with E-state index in [0.29, 0.717) is 0 Å². The highest BCUT2D eigenvalue weighted by Crippen LogP contribution is 2.19. The van der Waals surface area contributed by atoms with Gasteiger partial charge in [-0.2, -0.15) is 13.0 Å². The van der Waals surface area contributed by atoms with Gasteiger partial charge in [0.05, 0.1) is 5.39 Å². The van der Waals surface area contributed by atoms with Crippen LogP contribution in [0.5, 0.6) is 0 Å². The zero-order valence-electron chi connectivity index (χ0n) is 14.7. The highest BCUT2D eigenvalue weighted by Gasteiger charge is 2.17. The van der Waals surface area contributed by atoms with E-state index < -0.39 is 16.0 Å². The molecule has 0 aliphatic rings. The number of aromatic nitrogens is 1.